The Bertz CT molecular complexity index is 559. The van der Waals surface area contributed by atoms with Crippen molar-refractivity contribution in [1.29, 1.82) is 0 Å². The third-order valence-corrected chi connectivity index (χ3v) is 4.10. The first-order valence-corrected chi connectivity index (χ1v) is 7.43. The highest BCUT2D eigenvalue weighted by Crippen LogP contribution is 2.19. The molecule has 0 saturated carbocycles. The number of carbonyl (C=O) groups is 1. The number of pyridine rings is 1. The molecule has 0 atom stereocenters. The first kappa shape index (κ1) is 13.8. The molecule has 5 heteroatoms. The van der Waals surface area contributed by atoms with Crippen molar-refractivity contribution in [2.45, 2.75) is 25.8 Å². The van der Waals surface area contributed by atoms with Gasteiger partial charge < -0.3 is 9.47 Å². The lowest BCUT2D eigenvalue weighted by atomic mass is 9.96. The first-order chi connectivity index (χ1) is 10.3. The molecule has 3 heterocycles. The minimum atomic E-state index is 0.224. The van der Waals surface area contributed by atoms with Crippen molar-refractivity contribution in [3.05, 3.63) is 48.8 Å². The lowest BCUT2D eigenvalue weighted by molar-refractivity contribution is -0.131. The van der Waals surface area contributed by atoms with Crippen LogP contribution >= 0.6 is 0 Å². The molecular formula is C16H20N4O. The van der Waals surface area contributed by atoms with Gasteiger partial charge in [-0.05, 0) is 36.5 Å². The van der Waals surface area contributed by atoms with E-state index in [0.29, 0.717) is 12.3 Å². The molecule has 1 aliphatic heterocycles. The van der Waals surface area contributed by atoms with Crippen LogP contribution in [0.5, 0.6) is 0 Å². The zero-order chi connectivity index (χ0) is 14.5. The zero-order valence-electron chi connectivity index (χ0n) is 12.1. The number of amides is 1. The third-order valence-electron chi connectivity index (χ3n) is 4.10. The zero-order valence-corrected chi connectivity index (χ0v) is 12.1. The number of likely N-dealkylation sites (tertiary alicyclic amines) is 1. The summed E-state index contributed by atoms with van der Waals surface area (Å²) in [7, 11) is 0. The molecule has 2 aromatic heterocycles. The topological polar surface area (TPSA) is 51.0 Å². The Labute approximate surface area is 124 Å². The summed E-state index contributed by atoms with van der Waals surface area (Å²) in [4.78, 5) is 22.3. The highest BCUT2D eigenvalue weighted by Gasteiger charge is 2.22. The van der Waals surface area contributed by atoms with Gasteiger partial charge in [0.25, 0.3) is 0 Å². The Morgan fingerprint density at radius 2 is 1.90 bits per heavy atom. The van der Waals surface area contributed by atoms with Crippen molar-refractivity contribution in [3.63, 3.8) is 0 Å². The second-order valence-corrected chi connectivity index (χ2v) is 5.62. The number of imidazole rings is 1. The molecule has 1 saturated heterocycles. The molecule has 1 fully saturated rings. The number of hydrogen-bond acceptors (Lipinski definition) is 3. The predicted octanol–water partition coefficient (Wildman–Crippen LogP) is 1.76. The van der Waals surface area contributed by atoms with Gasteiger partial charge >= 0.3 is 0 Å². The standard InChI is InChI=1S/C16H20N4O/c21-16(11-14-1-5-17-6-2-14)20-8-3-15(4-9-20)12-19-10-7-18-13-19/h1-2,5-7,10,13,15H,3-4,8-9,11-12H2. The van der Waals surface area contributed by atoms with E-state index >= 15 is 0 Å². The largest absolute Gasteiger partial charge is 0.342 e. The molecule has 1 amide bonds. The highest BCUT2D eigenvalue weighted by atomic mass is 16.2. The molecule has 3 rings (SSSR count). The lowest BCUT2D eigenvalue weighted by Crippen LogP contribution is -2.40. The molecule has 0 spiro atoms. The maximum Gasteiger partial charge on any atom is 0.226 e. The van der Waals surface area contributed by atoms with E-state index in [0.717, 1.165) is 38.0 Å². The minimum Gasteiger partial charge on any atom is -0.342 e. The van der Waals surface area contributed by atoms with Crippen LogP contribution in [0.25, 0.3) is 0 Å². The number of aromatic nitrogens is 3. The molecule has 21 heavy (non-hydrogen) atoms. The fourth-order valence-electron chi connectivity index (χ4n) is 2.84. The summed E-state index contributed by atoms with van der Waals surface area (Å²) in [5, 5.41) is 0. The van der Waals surface area contributed by atoms with Crippen LogP contribution in [-0.4, -0.2) is 38.4 Å². The van der Waals surface area contributed by atoms with E-state index in [1.165, 1.54) is 0 Å². The summed E-state index contributed by atoms with van der Waals surface area (Å²) in [6.45, 7) is 2.74. The molecular weight excluding hydrogens is 264 g/mol. The van der Waals surface area contributed by atoms with Crippen molar-refractivity contribution in [2.24, 2.45) is 5.92 Å². The van der Waals surface area contributed by atoms with E-state index in [9.17, 15) is 4.79 Å². The summed E-state index contributed by atoms with van der Waals surface area (Å²) in [6.07, 6.45) is 11.8. The van der Waals surface area contributed by atoms with Crippen LogP contribution in [0.4, 0.5) is 0 Å². The van der Waals surface area contributed by atoms with Crippen LogP contribution in [-0.2, 0) is 17.8 Å². The van der Waals surface area contributed by atoms with Gasteiger partial charge in [0.2, 0.25) is 5.91 Å². The van der Waals surface area contributed by atoms with Gasteiger partial charge in [-0.15, -0.1) is 0 Å². The average Bonchev–Trinajstić information content (AvgIpc) is 3.02. The van der Waals surface area contributed by atoms with Crippen molar-refractivity contribution < 1.29 is 4.79 Å². The summed E-state index contributed by atoms with van der Waals surface area (Å²) in [6, 6.07) is 3.81. The van der Waals surface area contributed by atoms with Crippen LogP contribution in [0.15, 0.2) is 43.2 Å². The number of nitrogens with zero attached hydrogens (tertiary/aromatic N) is 4. The van der Waals surface area contributed by atoms with Crippen molar-refractivity contribution in [3.8, 4) is 0 Å². The van der Waals surface area contributed by atoms with Gasteiger partial charge in [-0.1, -0.05) is 0 Å². The molecule has 0 bridgehead atoms. The lowest BCUT2D eigenvalue weighted by Gasteiger charge is -2.32. The summed E-state index contributed by atoms with van der Waals surface area (Å²) in [5.74, 6) is 0.867. The van der Waals surface area contributed by atoms with Gasteiger partial charge in [-0.3, -0.25) is 9.78 Å². The van der Waals surface area contributed by atoms with Gasteiger partial charge in [0.1, 0.15) is 0 Å². The first-order valence-electron chi connectivity index (χ1n) is 7.43. The fourth-order valence-corrected chi connectivity index (χ4v) is 2.84. The van der Waals surface area contributed by atoms with Gasteiger partial charge in [0.15, 0.2) is 0 Å². The third kappa shape index (κ3) is 3.68. The van der Waals surface area contributed by atoms with Gasteiger partial charge in [0.05, 0.1) is 12.7 Å². The highest BCUT2D eigenvalue weighted by molar-refractivity contribution is 5.78. The van der Waals surface area contributed by atoms with E-state index in [2.05, 4.69) is 14.5 Å². The van der Waals surface area contributed by atoms with Crippen LogP contribution < -0.4 is 0 Å². The quantitative estimate of drug-likeness (QED) is 0.859. The Kier molecular flexibility index (Phi) is 4.28. The monoisotopic (exact) mass is 284 g/mol. The summed E-state index contributed by atoms with van der Waals surface area (Å²) in [5.41, 5.74) is 1.04. The van der Waals surface area contributed by atoms with Gasteiger partial charge in [-0.2, -0.15) is 0 Å². The number of carbonyl (C=O) groups excluding carboxylic acids is 1. The Hall–Kier alpha value is -2.17. The molecule has 0 N–H and O–H groups in total. The smallest absolute Gasteiger partial charge is 0.226 e. The Morgan fingerprint density at radius 1 is 1.14 bits per heavy atom. The molecule has 0 radical (unpaired) electrons. The SMILES string of the molecule is O=C(Cc1ccncc1)N1CCC(Cn2ccnc2)CC1. The molecule has 0 aliphatic carbocycles. The molecule has 1 aliphatic rings. The van der Waals surface area contributed by atoms with Crippen LogP contribution in [0, 0.1) is 5.92 Å². The number of hydrogen-bond donors (Lipinski definition) is 0. The van der Waals surface area contributed by atoms with E-state index < -0.39 is 0 Å². The Morgan fingerprint density at radius 3 is 2.57 bits per heavy atom. The van der Waals surface area contributed by atoms with Crippen molar-refractivity contribution in [1.82, 2.24) is 19.4 Å². The van der Waals surface area contributed by atoms with Crippen LogP contribution in [0.3, 0.4) is 0 Å². The maximum atomic E-state index is 12.3. The van der Waals surface area contributed by atoms with Crippen LogP contribution in [0.1, 0.15) is 18.4 Å². The second-order valence-electron chi connectivity index (χ2n) is 5.62. The van der Waals surface area contributed by atoms with E-state index in [-0.39, 0.29) is 5.91 Å². The molecule has 110 valence electrons. The Balaban J connectivity index is 1.48. The van der Waals surface area contributed by atoms with Gasteiger partial charge in [-0.25, -0.2) is 4.98 Å². The van der Waals surface area contributed by atoms with Crippen molar-refractivity contribution >= 4 is 5.91 Å². The fraction of sp³-hybridized carbons (Fsp3) is 0.438. The normalized spacial score (nSPS) is 16.1. The summed E-state index contributed by atoms with van der Waals surface area (Å²) >= 11 is 0. The van der Waals surface area contributed by atoms with Gasteiger partial charge in [0, 0.05) is 44.4 Å². The van der Waals surface area contributed by atoms with Crippen LogP contribution in [0.2, 0.25) is 0 Å². The van der Waals surface area contributed by atoms with E-state index in [1.54, 1.807) is 12.4 Å². The van der Waals surface area contributed by atoms with Crippen molar-refractivity contribution in [2.75, 3.05) is 13.1 Å². The summed E-state index contributed by atoms with van der Waals surface area (Å²) < 4.78 is 2.12. The molecule has 0 aromatic carbocycles. The number of rotatable bonds is 4. The van der Waals surface area contributed by atoms with E-state index in [4.69, 9.17) is 0 Å². The molecule has 0 unspecified atom stereocenters. The number of piperidine rings is 1. The maximum absolute atomic E-state index is 12.3. The minimum absolute atomic E-state index is 0.224. The average molecular weight is 284 g/mol. The predicted molar refractivity (Wildman–Crippen MR) is 79.5 cm³/mol. The molecule has 2 aromatic rings. The second kappa shape index (κ2) is 6.52. The van der Waals surface area contributed by atoms with E-state index in [1.807, 2.05) is 35.8 Å². The molecule has 5 nitrogen and oxygen atoms in total.